The van der Waals surface area contributed by atoms with Gasteiger partial charge in [-0.25, -0.2) is 13.1 Å². The van der Waals surface area contributed by atoms with Crippen molar-refractivity contribution in [1.82, 2.24) is 4.72 Å². The molecule has 1 atom stereocenters. The lowest BCUT2D eigenvalue weighted by Gasteiger charge is -2.11. The molecule has 4 nitrogen and oxygen atoms in total. The van der Waals surface area contributed by atoms with Gasteiger partial charge in [0.25, 0.3) is 0 Å². The number of hydrogen-bond acceptors (Lipinski definition) is 3. The Morgan fingerprint density at radius 3 is 2.53 bits per heavy atom. The normalized spacial score (nSPS) is 13.2. The summed E-state index contributed by atoms with van der Waals surface area (Å²) in [6.07, 6.45) is 1.11. The Morgan fingerprint density at radius 2 is 1.95 bits per heavy atom. The quantitative estimate of drug-likeness (QED) is 0.734. The zero-order valence-electron chi connectivity index (χ0n) is 10.8. The van der Waals surface area contributed by atoms with E-state index in [1.807, 2.05) is 6.92 Å². The zero-order chi connectivity index (χ0) is 14.3. The number of halogens is 1. The van der Waals surface area contributed by atoms with Gasteiger partial charge in [-0.1, -0.05) is 41.1 Å². The largest absolute Gasteiger partial charge is 0.299 e. The Balaban J connectivity index is 2.43. The van der Waals surface area contributed by atoms with E-state index >= 15 is 0 Å². The number of alkyl halides is 1. The molecular formula is C13H18BrNO3S. The molecule has 0 spiro atoms. The third kappa shape index (κ3) is 5.84. The van der Waals surface area contributed by atoms with Crippen molar-refractivity contribution in [2.45, 2.75) is 24.7 Å². The number of benzene rings is 1. The molecule has 1 N–H and O–H groups in total. The number of rotatable bonds is 8. The topological polar surface area (TPSA) is 63.2 Å². The number of nitrogens with one attached hydrogen (secondary N) is 1. The second-order valence-electron chi connectivity index (χ2n) is 4.48. The first-order chi connectivity index (χ1) is 8.95. The molecule has 0 aliphatic rings. The Morgan fingerprint density at radius 1 is 1.32 bits per heavy atom. The van der Waals surface area contributed by atoms with E-state index in [2.05, 4.69) is 20.7 Å². The maximum Gasteiger partial charge on any atom is 0.240 e. The van der Waals surface area contributed by atoms with Gasteiger partial charge in [0.05, 0.1) is 10.2 Å². The third-order valence-corrected chi connectivity index (χ3v) is 4.81. The summed E-state index contributed by atoms with van der Waals surface area (Å²) < 4.78 is 26.4. The summed E-state index contributed by atoms with van der Waals surface area (Å²) in [6.45, 7) is 2.28. The van der Waals surface area contributed by atoms with Gasteiger partial charge < -0.3 is 0 Å². The van der Waals surface area contributed by atoms with Crippen LogP contribution in [0.1, 0.15) is 19.8 Å². The average molecular weight is 348 g/mol. The van der Waals surface area contributed by atoms with Crippen LogP contribution >= 0.6 is 15.9 Å². The third-order valence-electron chi connectivity index (χ3n) is 2.71. The smallest absolute Gasteiger partial charge is 0.240 e. The van der Waals surface area contributed by atoms with Crippen LogP contribution in [0.3, 0.4) is 0 Å². The molecule has 0 heterocycles. The molecule has 19 heavy (non-hydrogen) atoms. The lowest BCUT2D eigenvalue weighted by Crippen LogP contribution is -2.26. The minimum absolute atomic E-state index is 0.137. The van der Waals surface area contributed by atoms with Crippen molar-refractivity contribution in [2.24, 2.45) is 5.92 Å². The fraction of sp³-hybridized carbons (Fsp3) is 0.462. The van der Waals surface area contributed by atoms with Crippen LogP contribution in [-0.2, 0) is 14.8 Å². The van der Waals surface area contributed by atoms with E-state index < -0.39 is 10.0 Å². The Labute approximate surface area is 122 Å². The van der Waals surface area contributed by atoms with Crippen molar-refractivity contribution in [3.63, 3.8) is 0 Å². The van der Waals surface area contributed by atoms with Gasteiger partial charge in [-0.05, 0) is 24.5 Å². The highest BCUT2D eigenvalue weighted by Crippen LogP contribution is 2.10. The second kappa shape index (κ2) is 7.77. The highest BCUT2D eigenvalue weighted by molar-refractivity contribution is 9.09. The molecule has 0 aromatic heterocycles. The zero-order valence-corrected chi connectivity index (χ0v) is 13.2. The number of carbonyl (C=O) groups excluding carboxylic acids is 1. The fourth-order valence-corrected chi connectivity index (χ4v) is 2.97. The molecule has 0 fully saturated rings. The van der Waals surface area contributed by atoms with Crippen molar-refractivity contribution in [3.05, 3.63) is 30.3 Å². The van der Waals surface area contributed by atoms with Crippen molar-refractivity contribution in [3.8, 4) is 0 Å². The molecule has 0 radical (unpaired) electrons. The standard InChI is InChI=1S/C13H18BrNO3S/c1-11(9-12(16)10-14)7-8-15-19(17,18)13-5-3-2-4-6-13/h2-6,11,15H,7-10H2,1H3. The van der Waals surface area contributed by atoms with Crippen LogP contribution in [0.2, 0.25) is 0 Å². The van der Waals surface area contributed by atoms with Gasteiger partial charge in [0.2, 0.25) is 10.0 Å². The first-order valence-electron chi connectivity index (χ1n) is 6.08. The molecule has 0 aliphatic carbocycles. The van der Waals surface area contributed by atoms with Crippen molar-refractivity contribution in [2.75, 3.05) is 11.9 Å². The number of sulfonamides is 1. The molecule has 0 bridgehead atoms. The molecule has 1 aromatic carbocycles. The summed E-state index contributed by atoms with van der Waals surface area (Å²) in [5, 5.41) is 0.354. The Hall–Kier alpha value is -0.720. The van der Waals surface area contributed by atoms with Crippen LogP contribution in [-0.4, -0.2) is 26.1 Å². The predicted octanol–water partition coefficient (Wildman–Crippen LogP) is 2.35. The SMILES string of the molecule is CC(CCNS(=O)(=O)c1ccccc1)CC(=O)CBr. The maximum atomic E-state index is 11.9. The van der Waals surface area contributed by atoms with Gasteiger partial charge >= 0.3 is 0 Å². The summed E-state index contributed by atoms with van der Waals surface area (Å²) >= 11 is 3.11. The predicted molar refractivity (Wildman–Crippen MR) is 78.8 cm³/mol. The minimum Gasteiger partial charge on any atom is -0.299 e. The van der Waals surface area contributed by atoms with Crippen LogP contribution in [0, 0.1) is 5.92 Å². The van der Waals surface area contributed by atoms with Gasteiger partial charge in [0.15, 0.2) is 0 Å². The van der Waals surface area contributed by atoms with E-state index in [-0.39, 0.29) is 16.6 Å². The van der Waals surface area contributed by atoms with E-state index in [1.165, 1.54) is 0 Å². The lowest BCUT2D eigenvalue weighted by molar-refractivity contribution is -0.117. The van der Waals surface area contributed by atoms with Gasteiger partial charge in [-0.15, -0.1) is 0 Å². The molecule has 0 aliphatic heterocycles. The van der Waals surface area contributed by atoms with E-state index in [9.17, 15) is 13.2 Å². The average Bonchev–Trinajstić information content (AvgIpc) is 2.39. The summed E-state index contributed by atoms with van der Waals surface area (Å²) in [6, 6.07) is 8.25. The highest BCUT2D eigenvalue weighted by Gasteiger charge is 2.14. The molecule has 6 heteroatoms. The summed E-state index contributed by atoms with van der Waals surface area (Å²) in [7, 11) is -3.43. The van der Waals surface area contributed by atoms with Crippen LogP contribution < -0.4 is 4.72 Å². The Bertz CT molecular complexity index is 502. The van der Waals surface area contributed by atoms with Crippen molar-refractivity contribution < 1.29 is 13.2 Å². The maximum absolute atomic E-state index is 11.9. The van der Waals surface area contributed by atoms with Crippen molar-refractivity contribution in [1.29, 1.82) is 0 Å². The molecule has 0 amide bonds. The van der Waals surface area contributed by atoms with Gasteiger partial charge in [-0.3, -0.25) is 4.79 Å². The van der Waals surface area contributed by atoms with Gasteiger partial charge in [0.1, 0.15) is 5.78 Å². The van der Waals surface area contributed by atoms with Crippen LogP contribution in [0.25, 0.3) is 0 Å². The second-order valence-corrected chi connectivity index (χ2v) is 6.81. The molecule has 1 rings (SSSR count). The number of hydrogen-bond donors (Lipinski definition) is 1. The van der Waals surface area contributed by atoms with Crippen LogP contribution in [0.5, 0.6) is 0 Å². The summed E-state index contributed by atoms with van der Waals surface area (Å²) in [5.74, 6) is 0.307. The monoisotopic (exact) mass is 347 g/mol. The lowest BCUT2D eigenvalue weighted by atomic mass is 10.0. The summed E-state index contributed by atoms with van der Waals surface area (Å²) in [4.78, 5) is 11.5. The van der Waals surface area contributed by atoms with E-state index in [0.29, 0.717) is 24.7 Å². The van der Waals surface area contributed by atoms with E-state index in [4.69, 9.17) is 0 Å². The molecule has 1 aromatic rings. The Kier molecular flexibility index (Phi) is 6.68. The molecule has 0 saturated heterocycles. The van der Waals surface area contributed by atoms with Gasteiger partial charge in [0, 0.05) is 13.0 Å². The molecule has 1 unspecified atom stereocenters. The first-order valence-corrected chi connectivity index (χ1v) is 8.68. The minimum atomic E-state index is -3.43. The summed E-state index contributed by atoms with van der Waals surface area (Å²) in [5.41, 5.74) is 0. The van der Waals surface area contributed by atoms with Crippen molar-refractivity contribution >= 4 is 31.7 Å². The number of Topliss-reactive ketones (excluding diaryl/α,β-unsaturated/α-hetero) is 1. The van der Waals surface area contributed by atoms with Gasteiger partial charge in [-0.2, -0.15) is 0 Å². The first kappa shape index (κ1) is 16.3. The number of carbonyl (C=O) groups is 1. The van der Waals surface area contributed by atoms with Crippen LogP contribution in [0.15, 0.2) is 35.2 Å². The molecule has 106 valence electrons. The van der Waals surface area contributed by atoms with E-state index in [1.54, 1.807) is 30.3 Å². The fourth-order valence-electron chi connectivity index (χ4n) is 1.67. The van der Waals surface area contributed by atoms with E-state index in [0.717, 1.165) is 0 Å². The molecular weight excluding hydrogens is 330 g/mol. The molecule has 0 saturated carbocycles. The highest BCUT2D eigenvalue weighted by atomic mass is 79.9. The number of ketones is 1. The van der Waals surface area contributed by atoms with Crippen LogP contribution in [0.4, 0.5) is 0 Å².